The molecule has 0 amide bonds. The summed E-state index contributed by atoms with van der Waals surface area (Å²) in [5, 5.41) is 7.77. The molecule has 0 spiro atoms. The fourth-order valence-corrected chi connectivity index (χ4v) is 2.70. The van der Waals surface area contributed by atoms with E-state index in [0.29, 0.717) is 11.7 Å². The summed E-state index contributed by atoms with van der Waals surface area (Å²) >= 11 is 0. The van der Waals surface area contributed by atoms with Crippen LogP contribution in [0.4, 0.5) is 5.82 Å². The van der Waals surface area contributed by atoms with Gasteiger partial charge in [-0.3, -0.25) is 0 Å². The Bertz CT molecular complexity index is 681. The molecule has 0 bridgehead atoms. The van der Waals surface area contributed by atoms with Crippen LogP contribution in [0.2, 0.25) is 0 Å². The maximum atomic E-state index is 12.3. The molecule has 26 heavy (non-hydrogen) atoms. The van der Waals surface area contributed by atoms with Gasteiger partial charge in [0.05, 0.1) is 30.5 Å². The maximum absolute atomic E-state index is 12.3. The van der Waals surface area contributed by atoms with Gasteiger partial charge >= 0.3 is 11.9 Å². The third-order valence-corrected chi connectivity index (χ3v) is 4.19. The summed E-state index contributed by atoms with van der Waals surface area (Å²) in [6.07, 6.45) is 4.60. The molecule has 144 valence electrons. The van der Waals surface area contributed by atoms with Crippen LogP contribution in [0.25, 0.3) is 0 Å². The number of ether oxygens (including phenoxy) is 2. The monoisotopic (exact) mass is 363 g/mol. The maximum Gasteiger partial charge on any atom is 0.355 e. The zero-order valence-electron chi connectivity index (χ0n) is 16.3. The standard InChI is InChI=1S/C19H29N3O4/c1-6-25-17(23)12-15(18(24)26-7-2)20-16-11-14(13-9-8-10-13)21-22(16)19(3,4)5/h11-13,20H,6-10H2,1-5H3. The van der Waals surface area contributed by atoms with Crippen LogP contribution >= 0.6 is 0 Å². The summed E-state index contributed by atoms with van der Waals surface area (Å²) in [5.41, 5.74) is 0.762. The van der Waals surface area contributed by atoms with Gasteiger partial charge < -0.3 is 14.8 Å². The molecule has 1 aromatic rings. The molecule has 1 saturated carbocycles. The minimum Gasteiger partial charge on any atom is -0.463 e. The van der Waals surface area contributed by atoms with Crippen LogP contribution in [0, 0.1) is 0 Å². The van der Waals surface area contributed by atoms with Crippen molar-refractivity contribution in [3.63, 3.8) is 0 Å². The number of rotatable bonds is 7. The molecular formula is C19H29N3O4. The SMILES string of the molecule is CCOC(=O)C=C(Nc1cc(C2CCC2)nn1C(C)(C)C)C(=O)OCC. The second-order valence-electron chi connectivity index (χ2n) is 7.32. The van der Waals surface area contributed by atoms with Gasteiger partial charge in [0.2, 0.25) is 0 Å². The zero-order valence-corrected chi connectivity index (χ0v) is 16.3. The molecule has 0 aromatic carbocycles. The first-order valence-corrected chi connectivity index (χ1v) is 9.19. The van der Waals surface area contributed by atoms with E-state index in [2.05, 4.69) is 5.32 Å². The lowest BCUT2D eigenvalue weighted by atomic mass is 9.83. The van der Waals surface area contributed by atoms with Gasteiger partial charge in [0, 0.05) is 12.0 Å². The van der Waals surface area contributed by atoms with E-state index in [4.69, 9.17) is 14.6 Å². The number of carbonyl (C=O) groups excluding carboxylic acids is 2. The van der Waals surface area contributed by atoms with Gasteiger partial charge in [0.1, 0.15) is 11.5 Å². The van der Waals surface area contributed by atoms with Crippen LogP contribution in [-0.4, -0.2) is 34.9 Å². The molecule has 1 fully saturated rings. The van der Waals surface area contributed by atoms with Gasteiger partial charge in [0.15, 0.2) is 0 Å². The molecule has 1 N–H and O–H groups in total. The predicted octanol–water partition coefficient (Wildman–Crippen LogP) is 3.33. The van der Waals surface area contributed by atoms with Crippen molar-refractivity contribution in [3.8, 4) is 0 Å². The number of anilines is 1. The highest BCUT2D eigenvalue weighted by molar-refractivity contribution is 5.98. The van der Waals surface area contributed by atoms with E-state index in [1.54, 1.807) is 13.8 Å². The van der Waals surface area contributed by atoms with Crippen molar-refractivity contribution >= 4 is 17.8 Å². The van der Waals surface area contributed by atoms with Gasteiger partial charge in [-0.1, -0.05) is 6.42 Å². The lowest BCUT2D eigenvalue weighted by molar-refractivity contribution is -0.140. The fraction of sp³-hybridized carbons (Fsp3) is 0.632. The largest absolute Gasteiger partial charge is 0.463 e. The number of hydrogen-bond acceptors (Lipinski definition) is 6. The number of esters is 2. The van der Waals surface area contributed by atoms with Gasteiger partial charge in [-0.2, -0.15) is 5.10 Å². The highest BCUT2D eigenvalue weighted by atomic mass is 16.5. The minimum absolute atomic E-state index is 0.0378. The van der Waals surface area contributed by atoms with Gasteiger partial charge in [-0.25, -0.2) is 14.3 Å². The molecule has 0 saturated heterocycles. The second-order valence-corrected chi connectivity index (χ2v) is 7.32. The van der Waals surface area contributed by atoms with Crippen LogP contribution in [0.15, 0.2) is 17.8 Å². The lowest BCUT2D eigenvalue weighted by Crippen LogP contribution is -2.27. The molecule has 0 aliphatic heterocycles. The number of hydrogen-bond donors (Lipinski definition) is 1. The Labute approximate surface area is 154 Å². The Morgan fingerprint density at radius 1 is 1.27 bits per heavy atom. The summed E-state index contributed by atoms with van der Waals surface area (Å²) in [4.78, 5) is 24.1. The molecule has 7 nitrogen and oxygen atoms in total. The van der Waals surface area contributed by atoms with E-state index in [0.717, 1.165) is 24.6 Å². The van der Waals surface area contributed by atoms with Crippen molar-refractivity contribution in [2.24, 2.45) is 0 Å². The van der Waals surface area contributed by atoms with Gasteiger partial charge in [-0.05, 0) is 47.5 Å². The summed E-state index contributed by atoms with van der Waals surface area (Å²) in [5.74, 6) is -0.0845. The van der Waals surface area contributed by atoms with E-state index in [1.165, 1.54) is 6.42 Å². The molecule has 2 rings (SSSR count). The van der Waals surface area contributed by atoms with E-state index in [9.17, 15) is 9.59 Å². The summed E-state index contributed by atoms with van der Waals surface area (Å²) in [6.45, 7) is 9.99. The molecule has 1 aliphatic carbocycles. The van der Waals surface area contributed by atoms with Crippen molar-refractivity contribution in [2.45, 2.75) is 65.3 Å². The van der Waals surface area contributed by atoms with E-state index >= 15 is 0 Å². The van der Waals surface area contributed by atoms with Crippen molar-refractivity contribution in [3.05, 3.63) is 23.5 Å². The summed E-state index contributed by atoms with van der Waals surface area (Å²) in [7, 11) is 0. The Kier molecular flexibility index (Phi) is 6.45. The molecule has 0 radical (unpaired) electrons. The van der Waals surface area contributed by atoms with Crippen LogP contribution in [0.3, 0.4) is 0 Å². The lowest BCUT2D eigenvalue weighted by Gasteiger charge is -2.24. The third kappa shape index (κ3) is 4.86. The Morgan fingerprint density at radius 2 is 1.92 bits per heavy atom. The van der Waals surface area contributed by atoms with Gasteiger partial charge in [0.25, 0.3) is 0 Å². The molecule has 0 unspecified atom stereocenters. The zero-order chi connectivity index (χ0) is 19.3. The van der Waals surface area contributed by atoms with Crippen LogP contribution < -0.4 is 5.32 Å². The Balaban J connectivity index is 2.35. The first kappa shape index (κ1) is 20.0. The first-order valence-electron chi connectivity index (χ1n) is 9.19. The van der Waals surface area contributed by atoms with Crippen LogP contribution in [-0.2, 0) is 24.6 Å². The first-order chi connectivity index (χ1) is 12.3. The van der Waals surface area contributed by atoms with E-state index < -0.39 is 11.9 Å². The Morgan fingerprint density at radius 3 is 2.42 bits per heavy atom. The topological polar surface area (TPSA) is 82.5 Å². The predicted molar refractivity (Wildman–Crippen MR) is 98.8 cm³/mol. The summed E-state index contributed by atoms with van der Waals surface area (Å²) < 4.78 is 11.8. The normalized spacial score (nSPS) is 15.3. The Hall–Kier alpha value is -2.31. The fourth-order valence-electron chi connectivity index (χ4n) is 2.70. The molecule has 0 atom stereocenters. The van der Waals surface area contributed by atoms with Crippen LogP contribution in [0.1, 0.15) is 65.5 Å². The van der Waals surface area contributed by atoms with E-state index in [-0.39, 0.29) is 24.4 Å². The van der Waals surface area contributed by atoms with Crippen molar-refractivity contribution in [2.75, 3.05) is 18.5 Å². The highest BCUT2D eigenvalue weighted by Gasteiger charge is 2.28. The van der Waals surface area contributed by atoms with Crippen molar-refractivity contribution in [1.29, 1.82) is 0 Å². The molecule has 1 aromatic heterocycles. The average Bonchev–Trinajstić information content (AvgIpc) is 2.88. The minimum atomic E-state index is -0.604. The summed E-state index contributed by atoms with van der Waals surface area (Å²) in [6, 6.07) is 1.95. The quantitative estimate of drug-likeness (QED) is 0.591. The van der Waals surface area contributed by atoms with Crippen LogP contribution in [0.5, 0.6) is 0 Å². The second kappa shape index (κ2) is 8.38. The average molecular weight is 363 g/mol. The number of nitrogens with one attached hydrogen (secondary N) is 1. The van der Waals surface area contributed by atoms with Crippen molar-refractivity contribution < 1.29 is 19.1 Å². The van der Waals surface area contributed by atoms with Crippen molar-refractivity contribution in [1.82, 2.24) is 9.78 Å². The number of carbonyl (C=O) groups is 2. The molecule has 1 aliphatic rings. The smallest absolute Gasteiger partial charge is 0.355 e. The molecule has 1 heterocycles. The third-order valence-electron chi connectivity index (χ3n) is 4.19. The number of nitrogens with zero attached hydrogens (tertiary/aromatic N) is 2. The molecule has 7 heteroatoms. The number of aromatic nitrogens is 2. The van der Waals surface area contributed by atoms with Gasteiger partial charge in [-0.15, -0.1) is 0 Å². The highest BCUT2D eigenvalue weighted by Crippen LogP contribution is 2.37. The van der Waals surface area contributed by atoms with E-state index in [1.807, 2.05) is 31.5 Å². The molecular weight excluding hydrogens is 334 g/mol.